The summed E-state index contributed by atoms with van der Waals surface area (Å²) in [5.74, 6) is -0.903. The third kappa shape index (κ3) is 67.5. The molecular formula is C75H134O6. The second-order valence-corrected chi connectivity index (χ2v) is 23.8. The van der Waals surface area contributed by atoms with Gasteiger partial charge in [0.05, 0.1) is 0 Å². The van der Waals surface area contributed by atoms with Crippen LogP contribution in [0.5, 0.6) is 0 Å². The van der Waals surface area contributed by atoms with Gasteiger partial charge in [-0.1, -0.05) is 331 Å². The van der Waals surface area contributed by atoms with Crippen molar-refractivity contribution in [1.29, 1.82) is 0 Å². The predicted octanol–water partition coefficient (Wildman–Crippen LogP) is 24.4. The van der Waals surface area contributed by atoms with Gasteiger partial charge < -0.3 is 14.2 Å². The maximum Gasteiger partial charge on any atom is 0.306 e. The summed E-state index contributed by atoms with van der Waals surface area (Å²) in [7, 11) is 0. The van der Waals surface area contributed by atoms with E-state index in [9.17, 15) is 14.4 Å². The Hall–Kier alpha value is -3.15. The minimum absolute atomic E-state index is 0.0869. The van der Waals surface area contributed by atoms with Crippen LogP contribution in [0.4, 0.5) is 0 Å². The van der Waals surface area contributed by atoms with Gasteiger partial charge in [-0.05, 0) is 89.9 Å². The van der Waals surface area contributed by atoms with Crippen LogP contribution in [-0.4, -0.2) is 37.2 Å². The van der Waals surface area contributed by atoms with Crippen LogP contribution in [0, 0.1) is 0 Å². The molecule has 0 aliphatic carbocycles. The number of hydrogen-bond donors (Lipinski definition) is 0. The lowest BCUT2D eigenvalue weighted by molar-refractivity contribution is -0.167. The highest BCUT2D eigenvalue weighted by atomic mass is 16.6. The molecule has 1 atom stereocenters. The molecule has 6 heteroatoms. The lowest BCUT2D eigenvalue weighted by atomic mass is 10.0. The Balaban J connectivity index is 4.34. The van der Waals surface area contributed by atoms with Crippen molar-refractivity contribution in [3.8, 4) is 0 Å². The van der Waals surface area contributed by atoms with Gasteiger partial charge in [-0.2, -0.15) is 0 Å². The lowest BCUT2D eigenvalue weighted by Gasteiger charge is -2.18. The molecule has 0 aromatic heterocycles. The van der Waals surface area contributed by atoms with Gasteiger partial charge in [-0.25, -0.2) is 0 Å². The first kappa shape index (κ1) is 77.9. The van der Waals surface area contributed by atoms with E-state index < -0.39 is 6.10 Å². The van der Waals surface area contributed by atoms with E-state index in [0.29, 0.717) is 19.3 Å². The third-order valence-corrected chi connectivity index (χ3v) is 15.7. The second-order valence-electron chi connectivity index (χ2n) is 23.8. The van der Waals surface area contributed by atoms with Gasteiger partial charge in [0.15, 0.2) is 6.10 Å². The Labute approximate surface area is 503 Å². The van der Waals surface area contributed by atoms with Crippen molar-refractivity contribution >= 4 is 17.9 Å². The quantitative estimate of drug-likeness (QED) is 0.0261. The first-order valence-corrected chi connectivity index (χ1v) is 35.4. The van der Waals surface area contributed by atoms with Crippen LogP contribution in [0.3, 0.4) is 0 Å². The molecule has 0 aliphatic heterocycles. The molecule has 0 aromatic rings. The van der Waals surface area contributed by atoms with Gasteiger partial charge in [0.2, 0.25) is 0 Å². The summed E-state index contributed by atoms with van der Waals surface area (Å²) >= 11 is 0. The largest absolute Gasteiger partial charge is 0.462 e. The van der Waals surface area contributed by atoms with Gasteiger partial charge in [-0.15, -0.1) is 0 Å². The fourth-order valence-electron chi connectivity index (χ4n) is 10.4. The minimum atomic E-state index is -0.796. The molecule has 0 amide bonds. The van der Waals surface area contributed by atoms with Crippen molar-refractivity contribution < 1.29 is 28.6 Å². The van der Waals surface area contributed by atoms with Gasteiger partial charge >= 0.3 is 17.9 Å². The Kier molecular flexibility index (Phi) is 66.6. The van der Waals surface area contributed by atoms with Crippen molar-refractivity contribution in [2.75, 3.05) is 13.2 Å². The molecule has 6 nitrogen and oxygen atoms in total. The molecule has 0 rings (SSSR count). The maximum absolute atomic E-state index is 12.9. The molecule has 0 bridgehead atoms. The van der Waals surface area contributed by atoms with Crippen molar-refractivity contribution in [1.82, 2.24) is 0 Å². The Bertz CT molecular complexity index is 1490. The normalized spacial score (nSPS) is 12.5. The molecule has 0 radical (unpaired) electrons. The molecule has 470 valence electrons. The topological polar surface area (TPSA) is 78.9 Å². The number of esters is 3. The van der Waals surface area contributed by atoms with Crippen molar-refractivity contribution in [2.24, 2.45) is 0 Å². The van der Waals surface area contributed by atoms with E-state index in [1.54, 1.807) is 0 Å². The molecule has 0 aliphatic rings. The summed E-state index contributed by atoms with van der Waals surface area (Å²) in [4.78, 5) is 38.5. The monoisotopic (exact) mass is 1130 g/mol. The highest BCUT2D eigenvalue weighted by Gasteiger charge is 2.19. The molecule has 81 heavy (non-hydrogen) atoms. The fourth-order valence-corrected chi connectivity index (χ4v) is 10.4. The molecule has 0 saturated carbocycles. The van der Waals surface area contributed by atoms with Crippen molar-refractivity contribution in [3.63, 3.8) is 0 Å². The van der Waals surface area contributed by atoms with Gasteiger partial charge in [0.25, 0.3) is 0 Å². The zero-order valence-electron chi connectivity index (χ0n) is 54.1. The highest BCUT2D eigenvalue weighted by molar-refractivity contribution is 5.71. The van der Waals surface area contributed by atoms with Crippen LogP contribution in [0.25, 0.3) is 0 Å². The van der Waals surface area contributed by atoms with Gasteiger partial charge in [-0.3, -0.25) is 14.4 Å². The molecule has 0 spiro atoms. The first-order chi connectivity index (χ1) is 40.0. The van der Waals surface area contributed by atoms with Gasteiger partial charge in [0.1, 0.15) is 13.2 Å². The standard InChI is InChI=1S/C75H134O6/c1-4-7-10-13-16-19-22-25-28-31-34-35-36-37-38-39-40-42-44-47-50-53-56-59-62-65-68-74(77)80-71-72(70-79-73(76)67-64-61-58-55-52-49-46-43-33-30-27-24-21-18-15-12-9-6-3)81-75(78)69-66-63-60-57-54-51-48-45-41-32-29-26-23-20-17-14-11-8-5-2/h8,11,17,20,26,29-30,33,41,45,51,54,72H,4-7,9-10,12-16,18-19,21-25,27-28,31-32,34-40,42-44,46-50,52-53,55-71H2,1-3H3/b11-8-,20-17-,29-26-,33-30-,45-41-,54-51-. The number of unbranched alkanes of at least 4 members (excludes halogenated alkanes) is 42. The van der Waals surface area contributed by atoms with E-state index in [2.05, 4.69) is 93.7 Å². The Morgan fingerprint density at radius 2 is 0.481 bits per heavy atom. The Morgan fingerprint density at radius 3 is 0.778 bits per heavy atom. The SMILES string of the molecule is CC/C=C\C/C=C\C/C=C\C/C=C\C/C=C\CCCCCC(=O)OC(COC(=O)CCCCCCCCC/C=C\CCCCCCCCC)COC(=O)CCCCCCCCCCCCCCCCCCCCCCCCCCCC. The van der Waals surface area contributed by atoms with Crippen LogP contribution in [-0.2, 0) is 28.6 Å². The molecule has 0 saturated heterocycles. The zero-order chi connectivity index (χ0) is 58.5. The van der Waals surface area contributed by atoms with Crippen LogP contribution in [0.1, 0.15) is 367 Å². The molecule has 0 heterocycles. The van der Waals surface area contributed by atoms with E-state index in [4.69, 9.17) is 14.2 Å². The van der Waals surface area contributed by atoms with Crippen LogP contribution < -0.4 is 0 Å². The number of rotatable bonds is 65. The highest BCUT2D eigenvalue weighted by Crippen LogP contribution is 2.18. The summed E-state index contributed by atoms with van der Waals surface area (Å²) in [5.41, 5.74) is 0. The minimum Gasteiger partial charge on any atom is -0.462 e. The average molecular weight is 1130 g/mol. The summed E-state index contributed by atoms with van der Waals surface area (Å²) in [6, 6.07) is 0. The first-order valence-electron chi connectivity index (χ1n) is 35.4. The third-order valence-electron chi connectivity index (χ3n) is 15.7. The predicted molar refractivity (Wildman–Crippen MR) is 353 cm³/mol. The molecular weight excluding hydrogens is 997 g/mol. The number of carbonyl (C=O) groups is 3. The second kappa shape index (κ2) is 69.3. The molecule has 0 fully saturated rings. The van der Waals surface area contributed by atoms with E-state index in [-0.39, 0.29) is 31.1 Å². The summed E-state index contributed by atoms with van der Waals surface area (Å²) in [6.07, 6.45) is 90.8. The Morgan fingerprint density at radius 1 is 0.259 bits per heavy atom. The van der Waals surface area contributed by atoms with Crippen molar-refractivity contribution in [2.45, 2.75) is 374 Å². The van der Waals surface area contributed by atoms with Gasteiger partial charge in [0, 0.05) is 19.3 Å². The number of hydrogen-bond acceptors (Lipinski definition) is 6. The molecule has 0 aromatic carbocycles. The summed E-state index contributed by atoms with van der Waals surface area (Å²) in [5, 5.41) is 0. The summed E-state index contributed by atoms with van der Waals surface area (Å²) < 4.78 is 17.0. The smallest absolute Gasteiger partial charge is 0.306 e. The number of ether oxygens (including phenoxy) is 3. The summed E-state index contributed by atoms with van der Waals surface area (Å²) in [6.45, 7) is 6.55. The average Bonchev–Trinajstić information content (AvgIpc) is 3.47. The van der Waals surface area contributed by atoms with Crippen LogP contribution >= 0.6 is 0 Å². The van der Waals surface area contributed by atoms with E-state index in [0.717, 1.165) is 96.3 Å². The molecule has 1 unspecified atom stereocenters. The van der Waals surface area contributed by atoms with E-state index >= 15 is 0 Å². The molecule has 0 N–H and O–H groups in total. The zero-order valence-corrected chi connectivity index (χ0v) is 54.1. The maximum atomic E-state index is 12.9. The van der Waals surface area contributed by atoms with E-state index in [1.165, 1.54) is 231 Å². The van der Waals surface area contributed by atoms with Crippen LogP contribution in [0.2, 0.25) is 0 Å². The number of carbonyl (C=O) groups excluding carboxylic acids is 3. The lowest BCUT2D eigenvalue weighted by Crippen LogP contribution is -2.30. The van der Waals surface area contributed by atoms with E-state index in [1.807, 2.05) is 0 Å². The van der Waals surface area contributed by atoms with Crippen LogP contribution in [0.15, 0.2) is 72.9 Å². The number of allylic oxidation sites excluding steroid dienone is 12. The van der Waals surface area contributed by atoms with Crippen molar-refractivity contribution in [3.05, 3.63) is 72.9 Å². The fraction of sp³-hybridized carbons (Fsp3) is 0.800.